The number of nitrogens with one attached hydrogen (secondary N) is 2. The number of halogens is 1. The van der Waals surface area contributed by atoms with Crippen LogP contribution in [0.5, 0.6) is 5.75 Å². The van der Waals surface area contributed by atoms with Gasteiger partial charge in [0.05, 0.1) is 18.2 Å². The first-order valence-electron chi connectivity index (χ1n) is 8.87. The zero-order chi connectivity index (χ0) is 19.7. The maximum atomic E-state index is 13.2. The summed E-state index contributed by atoms with van der Waals surface area (Å²) in [6, 6.07) is 17.2. The third kappa shape index (κ3) is 3.57. The van der Waals surface area contributed by atoms with Gasteiger partial charge in [-0.1, -0.05) is 23.9 Å². The van der Waals surface area contributed by atoms with Gasteiger partial charge in [-0.05, 0) is 61.0 Å². The SMILES string of the molecule is COc1ccc([C@H]2Nn3c(C)ccc3S[C@@H]2C(=O)Nc2ccc(F)cc2)cc1. The van der Waals surface area contributed by atoms with Gasteiger partial charge in [-0.3, -0.25) is 9.47 Å². The number of rotatable bonds is 4. The summed E-state index contributed by atoms with van der Waals surface area (Å²) in [6.07, 6.45) is 0. The van der Waals surface area contributed by atoms with Crippen LogP contribution in [0.1, 0.15) is 17.3 Å². The number of methoxy groups -OCH3 is 1. The monoisotopic (exact) mass is 397 g/mol. The van der Waals surface area contributed by atoms with Gasteiger partial charge in [0.2, 0.25) is 5.91 Å². The molecule has 0 aliphatic carbocycles. The summed E-state index contributed by atoms with van der Waals surface area (Å²) in [5.41, 5.74) is 6.07. The highest BCUT2D eigenvalue weighted by atomic mass is 32.2. The topological polar surface area (TPSA) is 55.3 Å². The van der Waals surface area contributed by atoms with Crippen molar-refractivity contribution in [3.63, 3.8) is 0 Å². The predicted octanol–water partition coefficient (Wildman–Crippen LogP) is 4.34. The number of thioether (sulfide) groups is 1. The van der Waals surface area contributed by atoms with Gasteiger partial charge in [0.25, 0.3) is 0 Å². The number of anilines is 1. The molecule has 2 N–H and O–H groups in total. The van der Waals surface area contributed by atoms with Gasteiger partial charge < -0.3 is 15.5 Å². The first kappa shape index (κ1) is 18.4. The second kappa shape index (κ2) is 7.59. The van der Waals surface area contributed by atoms with Gasteiger partial charge in [0.1, 0.15) is 16.8 Å². The number of hydrogen-bond acceptors (Lipinski definition) is 4. The molecule has 144 valence electrons. The number of amides is 1. The molecular formula is C21H20FN3O2S. The highest BCUT2D eigenvalue weighted by Gasteiger charge is 2.36. The average Bonchev–Trinajstić information content (AvgIpc) is 3.09. The molecule has 1 aliphatic rings. The van der Waals surface area contributed by atoms with E-state index in [1.54, 1.807) is 19.2 Å². The molecule has 0 radical (unpaired) electrons. The van der Waals surface area contributed by atoms with Crippen LogP contribution in [0, 0.1) is 12.7 Å². The van der Waals surface area contributed by atoms with E-state index in [1.807, 2.05) is 48.0 Å². The van der Waals surface area contributed by atoms with E-state index in [1.165, 1.54) is 23.9 Å². The molecule has 1 aromatic heterocycles. The lowest BCUT2D eigenvalue weighted by atomic mass is 10.0. The van der Waals surface area contributed by atoms with Crippen LogP contribution < -0.4 is 15.5 Å². The van der Waals surface area contributed by atoms with Crippen molar-refractivity contribution in [2.24, 2.45) is 0 Å². The summed E-state index contributed by atoms with van der Waals surface area (Å²) in [6.45, 7) is 2.01. The van der Waals surface area contributed by atoms with Crippen LogP contribution in [0.4, 0.5) is 10.1 Å². The van der Waals surface area contributed by atoms with Gasteiger partial charge in [-0.25, -0.2) is 4.39 Å². The zero-order valence-electron chi connectivity index (χ0n) is 15.5. The molecule has 0 fully saturated rings. The van der Waals surface area contributed by atoms with Crippen molar-refractivity contribution in [3.05, 3.63) is 77.7 Å². The highest BCUT2D eigenvalue weighted by Crippen LogP contribution is 2.39. The van der Waals surface area contributed by atoms with E-state index < -0.39 is 5.25 Å². The quantitative estimate of drug-likeness (QED) is 0.688. The zero-order valence-corrected chi connectivity index (χ0v) is 16.3. The molecule has 1 amide bonds. The fourth-order valence-electron chi connectivity index (χ4n) is 3.19. The summed E-state index contributed by atoms with van der Waals surface area (Å²) in [5.74, 6) is 0.281. The van der Waals surface area contributed by atoms with Crippen molar-refractivity contribution in [3.8, 4) is 5.75 Å². The van der Waals surface area contributed by atoms with E-state index in [-0.39, 0.29) is 17.8 Å². The van der Waals surface area contributed by atoms with Crippen molar-refractivity contribution in [2.75, 3.05) is 17.9 Å². The Kier molecular flexibility index (Phi) is 5.00. The molecule has 2 atom stereocenters. The number of carbonyl (C=O) groups is 1. The summed E-state index contributed by atoms with van der Waals surface area (Å²) in [5, 5.41) is 3.47. The summed E-state index contributed by atoms with van der Waals surface area (Å²) >= 11 is 1.50. The number of aryl methyl sites for hydroxylation is 1. The summed E-state index contributed by atoms with van der Waals surface area (Å²) in [4.78, 5) is 13.1. The minimum atomic E-state index is -0.403. The standard InChI is InChI=1S/C21H20FN3O2S/c1-13-3-12-18-25(13)24-19(14-4-10-17(27-2)11-5-14)20(28-18)21(26)23-16-8-6-15(22)7-9-16/h3-12,19-20,24H,1-2H3,(H,23,26)/t19-,20+/m1/s1. The first-order valence-corrected chi connectivity index (χ1v) is 9.75. The highest BCUT2D eigenvalue weighted by molar-refractivity contribution is 8.00. The molecular weight excluding hydrogens is 377 g/mol. The lowest BCUT2D eigenvalue weighted by molar-refractivity contribution is -0.116. The fourth-order valence-corrected chi connectivity index (χ4v) is 4.42. The molecule has 0 saturated carbocycles. The maximum Gasteiger partial charge on any atom is 0.240 e. The molecule has 2 aromatic carbocycles. The van der Waals surface area contributed by atoms with Crippen LogP contribution in [-0.2, 0) is 4.79 Å². The molecule has 0 bridgehead atoms. The Labute approximate surface area is 166 Å². The second-order valence-corrected chi connectivity index (χ2v) is 7.72. The Morgan fingerprint density at radius 3 is 2.50 bits per heavy atom. The van der Waals surface area contributed by atoms with E-state index in [9.17, 15) is 9.18 Å². The van der Waals surface area contributed by atoms with E-state index in [2.05, 4.69) is 10.7 Å². The Hall–Kier alpha value is -2.93. The van der Waals surface area contributed by atoms with E-state index in [0.29, 0.717) is 5.69 Å². The molecule has 7 heteroatoms. The van der Waals surface area contributed by atoms with Crippen molar-refractivity contribution < 1.29 is 13.9 Å². The molecule has 0 spiro atoms. The lowest BCUT2D eigenvalue weighted by Crippen LogP contribution is -2.41. The molecule has 3 aromatic rings. The Balaban J connectivity index is 1.64. The minimum Gasteiger partial charge on any atom is -0.497 e. The molecule has 4 rings (SSSR count). The Morgan fingerprint density at radius 2 is 1.82 bits per heavy atom. The normalized spacial score (nSPS) is 18.1. The van der Waals surface area contributed by atoms with E-state index >= 15 is 0 Å². The number of fused-ring (bicyclic) bond motifs is 1. The predicted molar refractivity (Wildman–Crippen MR) is 109 cm³/mol. The Bertz CT molecular complexity index is 986. The number of aromatic nitrogens is 1. The maximum absolute atomic E-state index is 13.2. The first-order chi connectivity index (χ1) is 13.5. The van der Waals surface area contributed by atoms with Crippen molar-refractivity contribution in [1.82, 2.24) is 4.68 Å². The number of carbonyl (C=O) groups excluding carboxylic acids is 1. The summed E-state index contributed by atoms with van der Waals surface area (Å²) in [7, 11) is 1.62. The van der Waals surface area contributed by atoms with Crippen LogP contribution in [-0.4, -0.2) is 22.9 Å². The van der Waals surface area contributed by atoms with E-state index in [4.69, 9.17) is 4.74 Å². The molecule has 0 unspecified atom stereocenters. The molecule has 1 aliphatic heterocycles. The van der Waals surface area contributed by atoms with Crippen LogP contribution in [0.3, 0.4) is 0 Å². The lowest BCUT2D eigenvalue weighted by Gasteiger charge is -2.34. The van der Waals surface area contributed by atoms with E-state index in [0.717, 1.165) is 22.0 Å². The largest absolute Gasteiger partial charge is 0.497 e. The minimum absolute atomic E-state index is 0.143. The van der Waals surface area contributed by atoms with Crippen LogP contribution >= 0.6 is 11.8 Å². The van der Waals surface area contributed by atoms with Gasteiger partial charge >= 0.3 is 0 Å². The number of benzene rings is 2. The van der Waals surface area contributed by atoms with Crippen molar-refractivity contribution in [1.29, 1.82) is 0 Å². The van der Waals surface area contributed by atoms with Crippen LogP contribution in [0.25, 0.3) is 0 Å². The average molecular weight is 397 g/mol. The van der Waals surface area contributed by atoms with Crippen LogP contribution in [0.15, 0.2) is 65.7 Å². The molecule has 5 nitrogen and oxygen atoms in total. The molecule has 0 saturated heterocycles. The Morgan fingerprint density at radius 1 is 1.11 bits per heavy atom. The fraction of sp³-hybridized carbons (Fsp3) is 0.190. The van der Waals surface area contributed by atoms with Gasteiger partial charge in [-0.2, -0.15) is 0 Å². The third-order valence-electron chi connectivity index (χ3n) is 4.70. The second-order valence-electron chi connectivity index (χ2n) is 6.56. The third-order valence-corrected chi connectivity index (χ3v) is 6.00. The number of hydrogen-bond donors (Lipinski definition) is 2. The smallest absolute Gasteiger partial charge is 0.240 e. The summed E-state index contributed by atoms with van der Waals surface area (Å²) < 4.78 is 20.4. The van der Waals surface area contributed by atoms with Gasteiger partial charge in [0, 0.05) is 11.4 Å². The number of nitrogens with zero attached hydrogens (tertiary/aromatic N) is 1. The van der Waals surface area contributed by atoms with Crippen LogP contribution in [0.2, 0.25) is 0 Å². The van der Waals surface area contributed by atoms with Crippen molar-refractivity contribution >= 4 is 23.4 Å². The van der Waals surface area contributed by atoms with Crippen molar-refractivity contribution in [2.45, 2.75) is 23.2 Å². The van der Waals surface area contributed by atoms with Gasteiger partial charge in [0.15, 0.2) is 0 Å². The molecule has 2 heterocycles. The molecule has 28 heavy (non-hydrogen) atoms. The van der Waals surface area contributed by atoms with Gasteiger partial charge in [-0.15, -0.1) is 0 Å². The number of ether oxygens (including phenoxy) is 1.